The highest BCUT2D eigenvalue weighted by Crippen LogP contribution is 2.36. The molecule has 0 atom stereocenters. The van der Waals surface area contributed by atoms with Crippen LogP contribution in [0.4, 0.5) is 0 Å². The number of carbonyl (C=O) groups excluding carboxylic acids is 1. The van der Waals surface area contributed by atoms with E-state index in [1.165, 1.54) is 0 Å². The SMILES string of the molecule is CC(C)C1=CC(=Cc2cc(C(C)C)c(O)c(C(C)C)c2)C=C(C(C)C)C1=O. The molecular weight excluding hydrogens is 332 g/mol. The molecular formula is C25H34O2. The summed E-state index contributed by atoms with van der Waals surface area (Å²) in [5.41, 5.74) is 5.82. The van der Waals surface area contributed by atoms with Crippen LogP contribution in [0, 0.1) is 11.8 Å². The molecule has 27 heavy (non-hydrogen) atoms. The maximum Gasteiger partial charge on any atom is 0.185 e. The molecule has 1 aliphatic carbocycles. The van der Waals surface area contributed by atoms with Crippen LogP contribution >= 0.6 is 0 Å². The summed E-state index contributed by atoms with van der Waals surface area (Å²) in [5, 5.41) is 10.6. The van der Waals surface area contributed by atoms with E-state index in [1.807, 2.05) is 12.2 Å². The molecule has 146 valence electrons. The molecule has 0 aliphatic heterocycles. The summed E-state index contributed by atoms with van der Waals surface area (Å²) >= 11 is 0. The van der Waals surface area contributed by atoms with Gasteiger partial charge in [-0.05, 0) is 76.3 Å². The van der Waals surface area contributed by atoms with E-state index in [4.69, 9.17) is 0 Å². The molecule has 1 aliphatic rings. The number of Topliss-reactive ketones (excluding diaryl/α,β-unsaturated/α-hetero) is 1. The first kappa shape index (κ1) is 21.2. The summed E-state index contributed by atoms with van der Waals surface area (Å²) < 4.78 is 0. The molecule has 0 aromatic heterocycles. The summed E-state index contributed by atoms with van der Waals surface area (Å²) in [6.45, 7) is 16.7. The quantitative estimate of drug-likeness (QED) is 0.624. The van der Waals surface area contributed by atoms with Gasteiger partial charge in [0, 0.05) is 11.1 Å². The number of ketones is 1. The van der Waals surface area contributed by atoms with Crippen molar-refractivity contribution in [3.63, 3.8) is 0 Å². The number of phenols is 1. The Labute approximate surface area is 164 Å². The number of rotatable bonds is 5. The lowest BCUT2D eigenvalue weighted by Crippen LogP contribution is -2.18. The lowest BCUT2D eigenvalue weighted by Gasteiger charge is -2.21. The monoisotopic (exact) mass is 366 g/mol. The molecule has 0 bridgehead atoms. The molecule has 0 saturated heterocycles. The predicted molar refractivity (Wildman–Crippen MR) is 115 cm³/mol. The third-order valence-electron chi connectivity index (χ3n) is 5.18. The van der Waals surface area contributed by atoms with E-state index in [1.54, 1.807) is 0 Å². The third kappa shape index (κ3) is 4.61. The van der Waals surface area contributed by atoms with Crippen molar-refractivity contribution >= 4 is 11.9 Å². The van der Waals surface area contributed by atoms with Gasteiger partial charge in [0.15, 0.2) is 5.78 Å². The first-order chi connectivity index (χ1) is 12.5. The Kier molecular flexibility index (Phi) is 6.51. The highest BCUT2D eigenvalue weighted by Gasteiger charge is 2.24. The first-order valence-electron chi connectivity index (χ1n) is 10.1. The van der Waals surface area contributed by atoms with E-state index in [9.17, 15) is 9.90 Å². The molecule has 1 N–H and O–H groups in total. The fourth-order valence-electron chi connectivity index (χ4n) is 3.50. The van der Waals surface area contributed by atoms with Crippen molar-refractivity contribution in [2.75, 3.05) is 0 Å². The highest BCUT2D eigenvalue weighted by atomic mass is 16.3. The summed E-state index contributed by atoms with van der Waals surface area (Å²) in [5.74, 6) is 1.47. The minimum Gasteiger partial charge on any atom is -0.507 e. The lowest BCUT2D eigenvalue weighted by molar-refractivity contribution is -0.113. The smallest absolute Gasteiger partial charge is 0.185 e. The number of hydrogen-bond acceptors (Lipinski definition) is 2. The van der Waals surface area contributed by atoms with Crippen molar-refractivity contribution in [1.82, 2.24) is 0 Å². The number of allylic oxidation sites excluding steroid dienone is 5. The van der Waals surface area contributed by atoms with Gasteiger partial charge in [-0.25, -0.2) is 0 Å². The Balaban J connectivity index is 2.64. The number of phenolic OH excluding ortho intramolecular Hbond substituents is 1. The Bertz CT molecular complexity index is 756. The van der Waals surface area contributed by atoms with Gasteiger partial charge in [-0.15, -0.1) is 0 Å². The molecule has 2 heteroatoms. The van der Waals surface area contributed by atoms with Crippen molar-refractivity contribution in [3.8, 4) is 5.75 Å². The van der Waals surface area contributed by atoms with Crippen molar-refractivity contribution in [2.24, 2.45) is 11.8 Å². The van der Waals surface area contributed by atoms with Crippen LogP contribution in [-0.4, -0.2) is 10.9 Å². The number of benzene rings is 1. The molecule has 1 aromatic rings. The molecule has 2 nitrogen and oxygen atoms in total. The fraction of sp³-hybridized carbons (Fsp3) is 0.480. The van der Waals surface area contributed by atoms with Crippen LogP contribution in [0.2, 0.25) is 0 Å². The molecule has 1 aromatic carbocycles. The molecule has 0 unspecified atom stereocenters. The van der Waals surface area contributed by atoms with Gasteiger partial charge < -0.3 is 5.11 Å². The van der Waals surface area contributed by atoms with Gasteiger partial charge in [0.1, 0.15) is 5.75 Å². The van der Waals surface area contributed by atoms with Crippen LogP contribution < -0.4 is 0 Å². The minimum absolute atomic E-state index is 0.175. The van der Waals surface area contributed by atoms with Crippen LogP contribution in [0.25, 0.3) is 6.08 Å². The molecule has 0 fully saturated rings. The van der Waals surface area contributed by atoms with E-state index in [2.05, 4.69) is 73.6 Å². The van der Waals surface area contributed by atoms with Crippen molar-refractivity contribution < 1.29 is 9.90 Å². The Morgan fingerprint density at radius 3 is 1.48 bits per heavy atom. The first-order valence-corrected chi connectivity index (χ1v) is 10.1. The minimum atomic E-state index is 0.175. The molecule has 0 saturated carbocycles. The predicted octanol–water partition coefficient (Wildman–Crippen LogP) is 6.77. The maximum absolute atomic E-state index is 12.7. The van der Waals surface area contributed by atoms with Gasteiger partial charge in [-0.1, -0.05) is 55.4 Å². The van der Waals surface area contributed by atoms with Gasteiger partial charge in [0.25, 0.3) is 0 Å². The zero-order chi connectivity index (χ0) is 20.5. The summed E-state index contributed by atoms with van der Waals surface area (Å²) in [6.07, 6.45) is 6.18. The second kappa shape index (κ2) is 8.29. The zero-order valence-electron chi connectivity index (χ0n) is 18.1. The van der Waals surface area contributed by atoms with Crippen molar-refractivity contribution in [2.45, 2.75) is 67.2 Å². The second-order valence-electron chi connectivity index (χ2n) is 8.84. The van der Waals surface area contributed by atoms with E-state index < -0.39 is 0 Å². The maximum atomic E-state index is 12.7. The van der Waals surface area contributed by atoms with Gasteiger partial charge >= 0.3 is 0 Å². The number of aromatic hydroxyl groups is 1. The van der Waals surface area contributed by atoms with E-state index in [0.29, 0.717) is 5.75 Å². The van der Waals surface area contributed by atoms with Crippen LogP contribution in [-0.2, 0) is 4.79 Å². The Morgan fingerprint density at radius 1 is 0.741 bits per heavy atom. The summed E-state index contributed by atoms with van der Waals surface area (Å²) in [4.78, 5) is 12.7. The van der Waals surface area contributed by atoms with Crippen molar-refractivity contribution in [3.05, 3.63) is 57.7 Å². The zero-order valence-corrected chi connectivity index (χ0v) is 18.1. The summed E-state index contributed by atoms with van der Waals surface area (Å²) in [7, 11) is 0. The number of hydrogen-bond donors (Lipinski definition) is 1. The van der Waals surface area contributed by atoms with Gasteiger partial charge in [-0.3, -0.25) is 4.79 Å². The second-order valence-corrected chi connectivity index (χ2v) is 8.84. The molecule has 0 heterocycles. The van der Waals surface area contributed by atoms with Crippen LogP contribution in [0.1, 0.15) is 83.9 Å². The molecule has 0 spiro atoms. The van der Waals surface area contributed by atoms with Crippen LogP contribution in [0.15, 0.2) is 41.0 Å². The summed E-state index contributed by atoms with van der Waals surface area (Å²) in [6, 6.07) is 4.14. The van der Waals surface area contributed by atoms with E-state index in [0.717, 1.165) is 33.4 Å². The van der Waals surface area contributed by atoms with E-state index >= 15 is 0 Å². The van der Waals surface area contributed by atoms with Crippen LogP contribution in [0.5, 0.6) is 5.75 Å². The Hall–Kier alpha value is -2.09. The van der Waals surface area contributed by atoms with Crippen molar-refractivity contribution in [1.29, 1.82) is 0 Å². The highest BCUT2D eigenvalue weighted by molar-refractivity contribution is 6.11. The lowest BCUT2D eigenvalue weighted by atomic mass is 9.82. The van der Waals surface area contributed by atoms with Gasteiger partial charge in [0.2, 0.25) is 0 Å². The normalized spacial score (nSPS) is 15.1. The van der Waals surface area contributed by atoms with Gasteiger partial charge in [0.05, 0.1) is 0 Å². The standard InChI is InChI=1S/C25H34O2/c1-14(2)20-10-18(11-21(15(3)4)24(20)26)9-19-12-22(16(5)6)25(27)23(13-19)17(7)8/h9-17,26H,1-8H3. The van der Waals surface area contributed by atoms with E-state index in [-0.39, 0.29) is 29.5 Å². The molecule has 0 amide bonds. The largest absolute Gasteiger partial charge is 0.507 e. The topological polar surface area (TPSA) is 37.3 Å². The molecule has 2 rings (SSSR count). The fourth-order valence-corrected chi connectivity index (χ4v) is 3.50. The average molecular weight is 367 g/mol. The third-order valence-corrected chi connectivity index (χ3v) is 5.18. The van der Waals surface area contributed by atoms with Crippen LogP contribution in [0.3, 0.4) is 0 Å². The average Bonchev–Trinajstić information content (AvgIpc) is 2.56. The molecule has 0 radical (unpaired) electrons. The number of carbonyl (C=O) groups is 1. The Morgan fingerprint density at radius 2 is 1.15 bits per heavy atom. The van der Waals surface area contributed by atoms with Gasteiger partial charge in [-0.2, -0.15) is 0 Å².